The summed E-state index contributed by atoms with van der Waals surface area (Å²) in [6.07, 6.45) is 3.98. The third-order valence-electron chi connectivity index (χ3n) is 0.624. The maximum absolute atomic E-state index is 5.48. The van der Waals surface area contributed by atoms with Crippen molar-refractivity contribution < 1.29 is 0 Å². The van der Waals surface area contributed by atoms with Gasteiger partial charge in [0.2, 0.25) is 0 Å². The molecule has 0 saturated carbocycles. The van der Waals surface area contributed by atoms with E-state index in [1.54, 1.807) is 6.07 Å². The van der Waals surface area contributed by atoms with Gasteiger partial charge in [-0.2, -0.15) is 0 Å². The van der Waals surface area contributed by atoms with Crippen LogP contribution in [0.15, 0.2) is 12.3 Å². The van der Waals surface area contributed by atoms with Crippen LogP contribution in [0.4, 0.5) is 0 Å². The number of hydrogen-bond acceptors (Lipinski definition) is 1. The van der Waals surface area contributed by atoms with Crippen LogP contribution in [0.25, 0.3) is 0 Å². The molecule has 0 aliphatic rings. The fourth-order valence-corrected chi connectivity index (χ4v) is 0.726. The molecule has 0 aliphatic carbocycles. The Morgan fingerprint density at radius 3 is 2.62 bits per heavy atom. The van der Waals surface area contributed by atoms with Gasteiger partial charge in [0.1, 0.15) is 6.20 Å². The molecule has 0 unspecified atom stereocenters. The molecular formula is C5H2Cl2N. The molecule has 0 aromatic carbocycles. The zero-order chi connectivity index (χ0) is 5.98. The Kier molecular flexibility index (Phi) is 1.71. The highest BCUT2D eigenvalue weighted by molar-refractivity contribution is 6.34. The van der Waals surface area contributed by atoms with Crippen LogP contribution in [-0.2, 0) is 0 Å². The van der Waals surface area contributed by atoms with Gasteiger partial charge in [-0.15, -0.1) is 0 Å². The number of aromatic nitrogens is 1. The van der Waals surface area contributed by atoms with Crippen LogP contribution < -0.4 is 0 Å². The van der Waals surface area contributed by atoms with Crippen LogP contribution in [0.3, 0.4) is 0 Å². The van der Waals surface area contributed by atoms with E-state index in [1.165, 1.54) is 6.20 Å². The van der Waals surface area contributed by atoms with E-state index in [4.69, 9.17) is 23.2 Å². The number of pyridine rings is 1. The predicted octanol–water partition coefficient (Wildman–Crippen LogP) is 2.19. The summed E-state index contributed by atoms with van der Waals surface area (Å²) < 4.78 is 0. The zero-order valence-corrected chi connectivity index (χ0v) is 5.37. The lowest BCUT2D eigenvalue weighted by Gasteiger charge is -1.84. The summed E-state index contributed by atoms with van der Waals surface area (Å²) in [5.41, 5.74) is 0. The van der Waals surface area contributed by atoms with Crippen molar-refractivity contribution in [3.63, 3.8) is 0 Å². The summed E-state index contributed by atoms with van der Waals surface area (Å²) in [4.78, 5) is 3.59. The molecule has 0 N–H and O–H groups in total. The van der Waals surface area contributed by atoms with Gasteiger partial charge in [0.25, 0.3) is 0 Å². The van der Waals surface area contributed by atoms with Gasteiger partial charge in [-0.3, -0.25) is 4.98 Å². The Morgan fingerprint density at radius 2 is 2.25 bits per heavy atom. The average Bonchev–Trinajstić information content (AvgIpc) is 1.64. The molecule has 41 valence electrons. The largest absolute Gasteiger partial charge is 0.251 e. The Hall–Kier alpha value is -0.270. The van der Waals surface area contributed by atoms with E-state index in [-0.39, 0.29) is 0 Å². The summed E-state index contributed by atoms with van der Waals surface area (Å²) in [7, 11) is 0. The Bertz CT molecular complexity index is 170. The molecule has 1 nitrogen and oxygen atoms in total. The van der Waals surface area contributed by atoms with Crippen LogP contribution in [0.5, 0.6) is 0 Å². The topological polar surface area (TPSA) is 12.9 Å². The smallest absolute Gasteiger partial charge is 0.109 e. The van der Waals surface area contributed by atoms with Crippen LogP contribution >= 0.6 is 23.2 Å². The molecule has 8 heavy (non-hydrogen) atoms. The molecule has 0 bridgehead atoms. The second kappa shape index (κ2) is 2.33. The Labute approximate surface area is 57.3 Å². The van der Waals surface area contributed by atoms with Crippen molar-refractivity contribution in [3.05, 3.63) is 28.5 Å². The fourth-order valence-electron chi connectivity index (χ4n) is 0.346. The fraction of sp³-hybridized carbons (Fsp3) is 0. The molecule has 3 heteroatoms. The van der Waals surface area contributed by atoms with Crippen LogP contribution in [0.1, 0.15) is 0 Å². The first-order valence-corrected chi connectivity index (χ1v) is 2.73. The number of nitrogens with zero attached hydrogens (tertiary/aromatic N) is 1. The first kappa shape index (κ1) is 5.86. The molecule has 1 radical (unpaired) electrons. The third kappa shape index (κ3) is 1.35. The quantitative estimate of drug-likeness (QED) is 0.548. The van der Waals surface area contributed by atoms with E-state index in [9.17, 15) is 0 Å². The van der Waals surface area contributed by atoms with Crippen molar-refractivity contribution in [2.24, 2.45) is 0 Å². The van der Waals surface area contributed by atoms with Gasteiger partial charge in [0, 0.05) is 6.20 Å². The van der Waals surface area contributed by atoms with Gasteiger partial charge >= 0.3 is 0 Å². The lowest BCUT2D eigenvalue weighted by molar-refractivity contribution is 1.31. The van der Waals surface area contributed by atoms with E-state index < -0.39 is 0 Å². The Balaban J connectivity index is 3.08. The third-order valence-corrected chi connectivity index (χ3v) is 1.02. The summed E-state index contributed by atoms with van der Waals surface area (Å²) in [6, 6.07) is 1.58. The second-order valence-corrected chi connectivity index (χ2v) is 2.09. The van der Waals surface area contributed by atoms with Crippen LogP contribution in [0, 0.1) is 6.20 Å². The molecular weight excluding hydrogens is 145 g/mol. The molecule has 1 heterocycles. The maximum atomic E-state index is 5.48. The first-order chi connectivity index (χ1) is 3.79. The van der Waals surface area contributed by atoms with Crippen molar-refractivity contribution in [3.8, 4) is 0 Å². The van der Waals surface area contributed by atoms with E-state index in [0.29, 0.717) is 10.0 Å². The summed E-state index contributed by atoms with van der Waals surface area (Å²) in [6.45, 7) is 0. The molecule has 0 amide bonds. The van der Waals surface area contributed by atoms with Gasteiger partial charge < -0.3 is 0 Å². The highest BCUT2D eigenvalue weighted by Gasteiger charge is 1.87. The molecule has 0 saturated heterocycles. The summed E-state index contributed by atoms with van der Waals surface area (Å²) in [5.74, 6) is 0. The standard InChI is InChI=1S/C5H2Cl2N/c6-4-1-5(7)3-8-2-4/h1-2H. The highest BCUT2D eigenvalue weighted by atomic mass is 35.5. The number of hydrogen-bond donors (Lipinski definition) is 0. The summed E-state index contributed by atoms with van der Waals surface area (Å²) in [5, 5.41) is 0.978. The first-order valence-electron chi connectivity index (χ1n) is 1.98. The highest BCUT2D eigenvalue weighted by Crippen LogP contribution is 2.11. The molecule has 0 atom stereocenters. The number of rotatable bonds is 0. The molecule has 0 spiro atoms. The molecule has 0 aliphatic heterocycles. The lowest BCUT2D eigenvalue weighted by atomic mass is 10.5. The van der Waals surface area contributed by atoms with Crippen molar-refractivity contribution in [1.29, 1.82) is 0 Å². The summed E-state index contributed by atoms with van der Waals surface area (Å²) >= 11 is 10.9. The molecule has 1 aromatic heterocycles. The molecule has 1 aromatic rings. The minimum absolute atomic E-state index is 0.442. The minimum atomic E-state index is 0.442. The van der Waals surface area contributed by atoms with E-state index in [1.807, 2.05) is 0 Å². The molecule has 0 fully saturated rings. The number of halogens is 2. The van der Waals surface area contributed by atoms with Gasteiger partial charge in [-0.1, -0.05) is 23.2 Å². The zero-order valence-electron chi connectivity index (χ0n) is 3.86. The maximum Gasteiger partial charge on any atom is 0.109 e. The Morgan fingerprint density at radius 1 is 1.50 bits per heavy atom. The average molecular weight is 147 g/mol. The van der Waals surface area contributed by atoms with Crippen LogP contribution in [-0.4, -0.2) is 4.98 Å². The second-order valence-electron chi connectivity index (χ2n) is 1.25. The van der Waals surface area contributed by atoms with Gasteiger partial charge in [-0.05, 0) is 6.07 Å². The van der Waals surface area contributed by atoms with E-state index in [2.05, 4.69) is 11.2 Å². The predicted molar refractivity (Wildman–Crippen MR) is 33.1 cm³/mol. The molecule has 1 rings (SSSR count). The van der Waals surface area contributed by atoms with Crippen molar-refractivity contribution in [2.45, 2.75) is 0 Å². The van der Waals surface area contributed by atoms with Crippen LogP contribution in [0.2, 0.25) is 10.0 Å². The lowest BCUT2D eigenvalue weighted by Crippen LogP contribution is -1.69. The SMILES string of the molecule is Clc1[c]ncc(Cl)c1. The van der Waals surface area contributed by atoms with Crippen molar-refractivity contribution in [1.82, 2.24) is 4.98 Å². The van der Waals surface area contributed by atoms with E-state index in [0.717, 1.165) is 0 Å². The minimum Gasteiger partial charge on any atom is -0.251 e. The monoisotopic (exact) mass is 146 g/mol. The van der Waals surface area contributed by atoms with E-state index >= 15 is 0 Å². The van der Waals surface area contributed by atoms with Gasteiger partial charge in [-0.25, -0.2) is 0 Å². The van der Waals surface area contributed by atoms with Crippen molar-refractivity contribution >= 4 is 23.2 Å². The van der Waals surface area contributed by atoms with Gasteiger partial charge in [0.15, 0.2) is 0 Å². The van der Waals surface area contributed by atoms with Crippen molar-refractivity contribution in [2.75, 3.05) is 0 Å². The normalized spacial score (nSPS) is 9.25. The van der Waals surface area contributed by atoms with Gasteiger partial charge in [0.05, 0.1) is 10.0 Å².